The van der Waals surface area contributed by atoms with Crippen molar-refractivity contribution < 1.29 is 22.7 Å². The molecule has 1 heterocycles. The van der Waals surface area contributed by atoms with Crippen molar-refractivity contribution in [1.29, 1.82) is 0 Å². The Morgan fingerprint density at radius 2 is 2.00 bits per heavy atom. The standard InChI is InChI=1S/C11H12F3N5O2.ClH/c1-2-15-6-10(20)18-19-16-8-4-3-7(5-9(8)17-19)21-11(12,13)14;/h3-5,15H,2,6H2,1H3,(H,18,20);1H. The van der Waals surface area contributed by atoms with Gasteiger partial charge in [-0.05, 0) is 18.7 Å². The normalized spacial score (nSPS) is 11.1. The highest BCUT2D eigenvalue weighted by atomic mass is 35.5. The predicted octanol–water partition coefficient (Wildman–Crippen LogP) is 1.43. The molecule has 0 fully saturated rings. The number of fused-ring (bicyclic) bond motifs is 1. The van der Waals surface area contributed by atoms with Gasteiger partial charge in [0.05, 0.1) is 6.54 Å². The van der Waals surface area contributed by atoms with Crippen molar-refractivity contribution in [3.05, 3.63) is 18.2 Å². The number of hydrogen-bond donors (Lipinski definition) is 2. The molecule has 1 aromatic heterocycles. The Morgan fingerprint density at radius 3 is 2.64 bits per heavy atom. The fourth-order valence-corrected chi connectivity index (χ4v) is 1.53. The van der Waals surface area contributed by atoms with Crippen molar-refractivity contribution in [2.75, 3.05) is 18.5 Å². The van der Waals surface area contributed by atoms with Gasteiger partial charge in [0.25, 0.3) is 5.91 Å². The predicted molar refractivity (Wildman–Crippen MR) is 74.4 cm³/mol. The zero-order chi connectivity index (χ0) is 15.5. The summed E-state index contributed by atoms with van der Waals surface area (Å²) in [5, 5.41) is 10.6. The first kappa shape index (κ1) is 18.0. The van der Waals surface area contributed by atoms with Gasteiger partial charge < -0.3 is 10.1 Å². The number of nitrogens with one attached hydrogen (secondary N) is 2. The summed E-state index contributed by atoms with van der Waals surface area (Å²) >= 11 is 0. The van der Waals surface area contributed by atoms with Crippen molar-refractivity contribution in [1.82, 2.24) is 20.4 Å². The first-order chi connectivity index (χ1) is 9.87. The molecule has 1 aromatic carbocycles. The molecule has 2 N–H and O–H groups in total. The lowest BCUT2D eigenvalue weighted by atomic mass is 10.3. The van der Waals surface area contributed by atoms with Gasteiger partial charge in [-0.25, -0.2) is 5.43 Å². The number of nitrogens with zero attached hydrogens (tertiary/aromatic N) is 3. The van der Waals surface area contributed by atoms with Crippen LogP contribution >= 0.6 is 12.4 Å². The SMILES string of the molecule is CCNCC(=O)Nn1nc2ccc(OC(F)(F)F)cc2n1.Cl. The summed E-state index contributed by atoms with van der Waals surface area (Å²) in [5.41, 5.74) is 2.86. The van der Waals surface area contributed by atoms with Gasteiger partial charge in [-0.1, -0.05) is 11.8 Å². The molecule has 22 heavy (non-hydrogen) atoms. The molecule has 0 aliphatic rings. The number of carbonyl (C=O) groups excluding carboxylic acids is 1. The third kappa shape index (κ3) is 5.04. The number of ether oxygens (including phenoxy) is 1. The molecular weight excluding hydrogens is 327 g/mol. The summed E-state index contributed by atoms with van der Waals surface area (Å²) in [7, 11) is 0. The molecule has 0 radical (unpaired) electrons. The second-order valence-corrected chi connectivity index (χ2v) is 4.00. The second kappa shape index (κ2) is 7.27. The first-order valence-electron chi connectivity index (χ1n) is 6.01. The van der Waals surface area contributed by atoms with Crippen LogP contribution in [0.3, 0.4) is 0 Å². The number of carbonyl (C=O) groups is 1. The second-order valence-electron chi connectivity index (χ2n) is 4.00. The van der Waals surface area contributed by atoms with Crippen molar-refractivity contribution in [3.63, 3.8) is 0 Å². The lowest BCUT2D eigenvalue weighted by Gasteiger charge is -2.07. The van der Waals surface area contributed by atoms with Crippen LogP contribution in [0.15, 0.2) is 18.2 Å². The van der Waals surface area contributed by atoms with E-state index in [0.29, 0.717) is 12.1 Å². The van der Waals surface area contributed by atoms with Crippen LogP contribution in [0.1, 0.15) is 6.92 Å². The molecule has 0 unspecified atom stereocenters. The molecule has 2 rings (SSSR count). The summed E-state index contributed by atoms with van der Waals surface area (Å²) in [5.74, 6) is -0.773. The maximum atomic E-state index is 12.1. The number of likely N-dealkylation sites (N-methyl/N-ethyl adjacent to an activating group) is 1. The Hall–Kier alpha value is -2.07. The zero-order valence-electron chi connectivity index (χ0n) is 11.3. The van der Waals surface area contributed by atoms with Gasteiger partial charge in [0.15, 0.2) is 0 Å². The molecule has 0 spiro atoms. The highest BCUT2D eigenvalue weighted by Crippen LogP contribution is 2.24. The molecule has 0 atom stereocenters. The van der Waals surface area contributed by atoms with Crippen molar-refractivity contribution in [2.24, 2.45) is 0 Å². The van der Waals surface area contributed by atoms with Gasteiger partial charge >= 0.3 is 6.36 Å². The molecule has 0 aliphatic carbocycles. The van der Waals surface area contributed by atoms with E-state index in [9.17, 15) is 18.0 Å². The quantitative estimate of drug-likeness (QED) is 0.861. The third-order valence-corrected chi connectivity index (χ3v) is 2.35. The lowest BCUT2D eigenvalue weighted by molar-refractivity contribution is -0.274. The van der Waals surface area contributed by atoms with Crippen LogP contribution in [0.25, 0.3) is 11.0 Å². The van der Waals surface area contributed by atoms with Crippen LogP contribution in [0, 0.1) is 0 Å². The van der Waals surface area contributed by atoms with Gasteiger partial charge in [0.1, 0.15) is 16.8 Å². The Kier molecular flexibility index (Phi) is 5.94. The summed E-state index contributed by atoms with van der Waals surface area (Å²) in [6.07, 6.45) is -4.77. The minimum Gasteiger partial charge on any atom is -0.406 e. The van der Waals surface area contributed by atoms with Gasteiger partial charge in [0.2, 0.25) is 0 Å². The van der Waals surface area contributed by atoms with Gasteiger partial charge in [0, 0.05) is 6.07 Å². The van der Waals surface area contributed by atoms with E-state index in [4.69, 9.17) is 0 Å². The zero-order valence-corrected chi connectivity index (χ0v) is 12.2. The van der Waals surface area contributed by atoms with Crippen molar-refractivity contribution in [3.8, 4) is 5.75 Å². The smallest absolute Gasteiger partial charge is 0.406 e. The van der Waals surface area contributed by atoms with E-state index < -0.39 is 12.1 Å². The summed E-state index contributed by atoms with van der Waals surface area (Å²) in [6.45, 7) is 2.55. The highest BCUT2D eigenvalue weighted by molar-refractivity contribution is 5.86. The molecular formula is C11H13ClF3N5O2. The Balaban J connectivity index is 0.00000242. The van der Waals surface area contributed by atoms with Crippen LogP contribution in [-0.2, 0) is 4.79 Å². The maximum Gasteiger partial charge on any atom is 0.573 e. The van der Waals surface area contributed by atoms with E-state index in [0.717, 1.165) is 17.0 Å². The van der Waals surface area contributed by atoms with E-state index in [1.165, 1.54) is 6.07 Å². The van der Waals surface area contributed by atoms with Crippen molar-refractivity contribution >= 4 is 29.3 Å². The Labute approximate surface area is 129 Å². The number of aromatic nitrogens is 3. The van der Waals surface area contributed by atoms with E-state index in [1.54, 1.807) is 0 Å². The number of amides is 1. The number of rotatable bonds is 5. The molecule has 0 bridgehead atoms. The molecule has 11 heteroatoms. The number of benzene rings is 1. The van der Waals surface area contributed by atoms with Gasteiger partial charge in [-0.3, -0.25) is 4.79 Å². The Bertz CT molecular complexity index is 646. The van der Waals surface area contributed by atoms with Crippen LogP contribution in [0.5, 0.6) is 5.75 Å². The average Bonchev–Trinajstić information content (AvgIpc) is 2.75. The molecule has 0 aliphatic heterocycles. The molecule has 0 saturated carbocycles. The van der Waals surface area contributed by atoms with Crippen LogP contribution in [0.4, 0.5) is 13.2 Å². The Morgan fingerprint density at radius 1 is 1.32 bits per heavy atom. The van der Waals surface area contributed by atoms with Gasteiger partial charge in [-0.15, -0.1) is 35.8 Å². The first-order valence-corrected chi connectivity index (χ1v) is 6.01. The number of hydrogen-bond acceptors (Lipinski definition) is 5. The summed E-state index contributed by atoms with van der Waals surface area (Å²) < 4.78 is 40.1. The maximum absolute atomic E-state index is 12.1. The molecule has 7 nitrogen and oxygen atoms in total. The molecule has 2 aromatic rings. The number of alkyl halides is 3. The van der Waals surface area contributed by atoms with E-state index in [1.807, 2.05) is 6.92 Å². The minimum absolute atomic E-state index is 0. The minimum atomic E-state index is -4.77. The van der Waals surface area contributed by atoms with Gasteiger partial charge in [-0.2, -0.15) is 0 Å². The average molecular weight is 340 g/mol. The number of halogens is 4. The molecule has 122 valence electrons. The van der Waals surface area contributed by atoms with E-state index >= 15 is 0 Å². The lowest BCUT2D eigenvalue weighted by Crippen LogP contribution is -2.33. The molecule has 1 amide bonds. The summed E-state index contributed by atoms with van der Waals surface area (Å²) in [4.78, 5) is 12.4. The fraction of sp³-hybridized carbons (Fsp3) is 0.364. The fourth-order valence-electron chi connectivity index (χ4n) is 1.53. The van der Waals surface area contributed by atoms with E-state index in [-0.39, 0.29) is 30.4 Å². The van der Waals surface area contributed by atoms with Crippen LogP contribution in [-0.4, -0.2) is 40.5 Å². The van der Waals surface area contributed by atoms with E-state index in [2.05, 4.69) is 25.7 Å². The third-order valence-electron chi connectivity index (χ3n) is 2.35. The topological polar surface area (TPSA) is 81.1 Å². The summed E-state index contributed by atoms with van der Waals surface area (Å²) in [6, 6.07) is 3.52. The highest BCUT2D eigenvalue weighted by Gasteiger charge is 2.31. The largest absolute Gasteiger partial charge is 0.573 e. The monoisotopic (exact) mass is 339 g/mol. The van der Waals surface area contributed by atoms with Crippen molar-refractivity contribution in [2.45, 2.75) is 13.3 Å². The van der Waals surface area contributed by atoms with Crippen LogP contribution in [0.2, 0.25) is 0 Å². The molecule has 0 saturated heterocycles. The van der Waals surface area contributed by atoms with Crippen LogP contribution < -0.4 is 15.5 Å².